The molecule has 0 aliphatic heterocycles. The van der Waals surface area contributed by atoms with Gasteiger partial charge in [0.05, 0.1) is 11.3 Å². The van der Waals surface area contributed by atoms with E-state index in [1.54, 1.807) is 13.8 Å². The van der Waals surface area contributed by atoms with Crippen molar-refractivity contribution in [3.8, 4) is 0 Å². The average molecular weight is 312 g/mol. The van der Waals surface area contributed by atoms with E-state index < -0.39 is 23.2 Å². The van der Waals surface area contributed by atoms with Gasteiger partial charge in [0.1, 0.15) is 5.82 Å². The molecule has 0 bridgehead atoms. The molecule has 7 nitrogen and oxygen atoms in total. The third-order valence-electron chi connectivity index (χ3n) is 2.76. The number of carbonyl (C=O) groups is 1. The van der Waals surface area contributed by atoms with E-state index in [1.165, 1.54) is 10.6 Å². The topological polar surface area (TPSA) is 114 Å². The normalized spacial score (nSPS) is 11.0. The van der Waals surface area contributed by atoms with Crippen LogP contribution in [0.5, 0.6) is 0 Å². The van der Waals surface area contributed by atoms with Gasteiger partial charge in [-0.25, -0.2) is 19.1 Å². The van der Waals surface area contributed by atoms with Crippen LogP contribution in [0.1, 0.15) is 30.2 Å². The van der Waals surface area contributed by atoms with Crippen LogP contribution in [0.4, 0.5) is 10.1 Å². The van der Waals surface area contributed by atoms with Gasteiger partial charge in [0.2, 0.25) is 0 Å². The lowest BCUT2D eigenvalue weighted by Gasteiger charge is -2.11. The molecule has 0 amide bonds. The second kappa shape index (κ2) is 5.60. The van der Waals surface area contributed by atoms with Crippen molar-refractivity contribution in [2.45, 2.75) is 29.9 Å². The van der Waals surface area contributed by atoms with Crippen LogP contribution in [0.15, 0.2) is 27.0 Å². The van der Waals surface area contributed by atoms with E-state index in [0.29, 0.717) is 0 Å². The van der Waals surface area contributed by atoms with Crippen LogP contribution < -0.4 is 11.4 Å². The maximum atomic E-state index is 13.4. The van der Waals surface area contributed by atoms with Gasteiger partial charge in [-0.05, 0) is 37.7 Å². The number of anilines is 1. The van der Waals surface area contributed by atoms with Crippen molar-refractivity contribution >= 4 is 23.4 Å². The maximum absolute atomic E-state index is 13.4. The van der Waals surface area contributed by atoms with E-state index in [2.05, 4.69) is 10.2 Å². The minimum Gasteiger partial charge on any atom is -0.478 e. The summed E-state index contributed by atoms with van der Waals surface area (Å²) in [5.41, 5.74) is 4.29. The zero-order valence-corrected chi connectivity index (χ0v) is 12.1. The van der Waals surface area contributed by atoms with Crippen LogP contribution in [0.25, 0.3) is 0 Å². The van der Waals surface area contributed by atoms with E-state index in [-0.39, 0.29) is 21.7 Å². The lowest BCUT2D eigenvalue weighted by atomic mass is 10.2. The van der Waals surface area contributed by atoms with E-state index in [4.69, 9.17) is 5.73 Å². The summed E-state index contributed by atoms with van der Waals surface area (Å²) in [5.74, 6) is -2.15. The number of nitrogens with two attached hydrogens (primary N) is 1. The number of aromatic nitrogens is 3. The van der Waals surface area contributed by atoms with Crippen molar-refractivity contribution in [2.75, 3.05) is 5.73 Å². The minimum absolute atomic E-state index is 0.162. The van der Waals surface area contributed by atoms with Gasteiger partial charge in [-0.15, -0.1) is 5.10 Å². The average Bonchev–Trinajstić information content (AvgIpc) is 2.74. The number of nitrogens with one attached hydrogen (secondary N) is 1. The number of benzene rings is 1. The Morgan fingerprint density at radius 3 is 2.76 bits per heavy atom. The molecule has 21 heavy (non-hydrogen) atoms. The minimum atomic E-state index is -1.34. The first-order valence-electron chi connectivity index (χ1n) is 5.99. The molecule has 0 spiro atoms. The number of carboxylic acid groups (broad SMARTS) is 1. The predicted molar refractivity (Wildman–Crippen MR) is 75.1 cm³/mol. The molecular formula is C12H13FN4O3S. The fourth-order valence-corrected chi connectivity index (χ4v) is 2.91. The molecule has 2 rings (SSSR count). The number of nitrogens with zero attached hydrogens (tertiary/aromatic N) is 2. The lowest BCUT2D eigenvalue weighted by Crippen LogP contribution is -2.19. The van der Waals surface area contributed by atoms with Gasteiger partial charge in [-0.1, -0.05) is 0 Å². The molecule has 112 valence electrons. The summed E-state index contributed by atoms with van der Waals surface area (Å²) in [7, 11) is 0. The third-order valence-corrected chi connectivity index (χ3v) is 3.79. The Kier molecular flexibility index (Phi) is 4.03. The Labute approximate surface area is 123 Å². The van der Waals surface area contributed by atoms with Crippen molar-refractivity contribution in [1.82, 2.24) is 14.8 Å². The molecule has 0 radical (unpaired) electrons. The second-order valence-electron chi connectivity index (χ2n) is 4.52. The van der Waals surface area contributed by atoms with Crippen molar-refractivity contribution in [1.29, 1.82) is 0 Å². The van der Waals surface area contributed by atoms with Crippen LogP contribution >= 0.6 is 11.8 Å². The van der Waals surface area contributed by atoms with Crippen molar-refractivity contribution < 1.29 is 14.3 Å². The van der Waals surface area contributed by atoms with Gasteiger partial charge in [0.15, 0.2) is 5.16 Å². The van der Waals surface area contributed by atoms with Gasteiger partial charge in [-0.2, -0.15) is 0 Å². The van der Waals surface area contributed by atoms with Crippen molar-refractivity contribution in [3.05, 3.63) is 34.0 Å². The number of rotatable bonds is 4. The van der Waals surface area contributed by atoms with E-state index in [1.807, 2.05) is 0 Å². The molecule has 0 atom stereocenters. The van der Waals surface area contributed by atoms with Gasteiger partial charge in [0.25, 0.3) is 0 Å². The summed E-state index contributed by atoms with van der Waals surface area (Å²) in [6.07, 6.45) is 0. The largest absolute Gasteiger partial charge is 0.478 e. The number of aromatic carboxylic acids is 1. The molecule has 1 aromatic heterocycles. The number of halogens is 1. The van der Waals surface area contributed by atoms with Gasteiger partial charge in [0, 0.05) is 10.9 Å². The third kappa shape index (κ3) is 2.77. The highest BCUT2D eigenvalue weighted by molar-refractivity contribution is 7.99. The summed E-state index contributed by atoms with van der Waals surface area (Å²) in [5, 5.41) is 15.6. The van der Waals surface area contributed by atoms with Crippen LogP contribution in [0, 0.1) is 5.82 Å². The fraction of sp³-hybridized carbons (Fsp3) is 0.250. The Morgan fingerprint density at radius 1 is 1.52 bits per heavy atom. The molecule has 1 aromatic carbocycles. The number of nitrogen functional groups attached to an aromatic ring is 1. The first-order valence-corrected chi connectivity index (χ1v) is 6.80. The fourth-order valence-electron chi connectivity index (χ4n) is 1.80. The number of aromatic amines is 1. The highest BCUT2D eigenvalue weighted by atomic mass is 32.2. The van der Waals surface area contributed by atoms with Gasteiger partial charge < -0.3 is 10.8 Å². The van der Waals surface area contributed by atoms with Crippen LogP contribution in [-0.4, -0.2) is 25.8 Å². The Balaban J connectivity index is 2.53. The summed E-state index contributed by atoms with van der Waals surface area (Å²) >= 11 is 0.934. The van der Waals surface area contributed by atoms with E-state index >= 15 is 0 Å². The van der Waals surface area contributed by atoms with Gasteiger partial charge in [-0.3, -0.25) is 4.57 Å². The molecule has 0 fully saturated rings. The monoisotopic (exact) mass is 312 g/mol. The zero-order chi connectivity index (χ0) is 15.7. The lowest BCUT2D eigenvalue weighted by molar-refractivity contribution is 0.0694. The summed E-state index contributed by atoms with van der Waals surface area (Å²) in [6, 6.07) is 2.21. The number of H-pyrrole nitrogens is 1. The first-order chi connectivity index (χ1) is 9.82. The molecule has 0 saturated heterocycles. The number of hydrogen-bond donors (Lipinski definition) is 3. The number of hydrogen-bond acceptors (Lipinski definition) is 5. The van der Waals surface area contributed by atoms with Crippen LogP contribution in [0.3, 0.4) is 0 Å². The number of carboxylic acids is 1. The Bertz CT molecular complexity index is 753. The zero-order valence-electron chi connectivity index (χ0n) is 11.3. The highest BCUT2D eigenvalue weighted by Gasteiger charge is 2.21. The highest BCUT2D eigenvalue weighted by Crippen LogP contribution is 2.33. The standard InChI is InChI=1S/C12H13FN4O3S/c1-5(2)17-11(20)15-16-12(17)21-7-4-3-6(13)9(14)8(7)10(18)19/h3-5H,14H2,1-2H3,(H,15,20)(H,18,19). The molecular weight excluding hydrogens is 299 g/mol. The second-order valence-corrected chi connectivity index (χ2v) is 5.53. The summed E-state index contributed by atoms with van der Waals surface area (Å²) in [4.78, 5) is 23.1. The molecule has 0 aliphatic rings. The quantitative estimate of drug-likeness (QED) is 0.741. The van der Waals surface area contributed by atoms with Crippen molar-refractivity contribution in [3.63, 3.8) is 0 Å². The van der Waals surface area contributed by atoms with Crippen LogP contribution in [0.2, 0.25) is 0 Å². The molecule has 9 heteroatoms. The Morgan fingerprint density at radius 2 is 2.19 bits per heavy atom. The molecule has 1 heterocycles. The summed E-state index contributed by atoms with van der Waals surface area (Å²) < 4.78 is 14.8. The smallest absolute Gasteiger partial charge is 0.344 e. The predicted octanol–water partition coefficient (Wildman–Crippen LogP) is 1.72. The first kappa shape index (κ1) is 15.1. The maximum Gasteiger partial charge on any atom is 0.344 e. The molecule has 0 aliphatic carbocycles. The molecule has 0 unspecified atom stereocenters. The molecule has 4 N–H and O–H groups in total. The van der Waals surface area contributed by atoms with Gasteiger partial charge >= 0.3 is 11.7 Å². The molecule has 2 aromatic rings. The SMILES string of the molecule is CC(C)n1c(Sc2ccc(F)c(N)c2C(=O)O)n[nH]c1=O. The van der Waals surface area contributed by atoms with Crippen LogP contribution in [-0.2, 0) is 0 Å². The summed E-state index contributed by atoms with van der Waals surface area (Å²) in [6.45, 7) is 3.58. The van der Waals surface area contributed by atoms with Crippen molar-refractivity contribution in [2.24, 2.45) is 0 Å². The van der Waals surface area contributed by atoms with E-state index in [0.717, 1.165) is 17.8 Å². The van der Waals surface area contributed by atoms with E-state index in [9.17, 15) is 19.1 Å². The molecule has 0 saturated carbocycles. The Hall–Kier alpha value is -2.29.